The van der Waals surface area contributed by atoms with Gasteiger partial charge in [0.1, 0.15) is 6.26 Å². The first kappa shape index (κ1) is 10.3. The number of rotatable bonds is 4. The van der Waals surface area contributed by atoms with Crippen molar-refractivity contribution >= 4 is 0 Å². The molecule has 13 heavy (non-hydrogen) atoms. The van der Waals surface area contributed by atoms with Gasteiger partial charge in [-0.1, -0.05) is 27.2 Å². The SMILES string of the molecule is CCCC(C)(CC)c1cocc1F. The minimum absolute atomic E-state index is 0.0637. The average Bonchev–Trinajstić information content (AvgIpc) is 2.52. The Morgan fingerprint density at radius 3 is 2.46 bits per heavy atom. The van der Waals surface area contributed by atoms with Gasteiger partial charge < -0.3 is 4.42 Å². The Balaban J connectivity index is 2.95. The molecule has 2 heteroatoms. The Bertz CT molecular complexity index is 267. The van der Waals surface area contributed by atoms with E-state index in [4.69, 9.17) is 4.42 Å². The molecule has 1 unspecified atom stereocenters. The fourth-order valence-electron chi connectivity index (χ4n) is 1.77. The summed E-state index contributed by atoms with van der Waals surface area (Å²) in [6.45, 7) is 6.29. The number of hydrogen-bond donors (Lipinski definition) is 0. The fraction of sp³-hybridized carbons (Fsp3) is 0.636. The summed E-state index contributed by atoms with van der Waals surface area (Å²) in [7, 11) is 0. The first-order valence-corrected chi connectivity index (χ1v) is 4.86. The predicted molar refractivity (Wildman–Crippen MR) is 51.2 cm³/mol. The van der Waals surface area contributed by atoms with Gasteiger partial charge >= 0.3 is 0 Å². The Morgan fingerprint density at radius 1 is 1.38 bits per heavy atom. The minimum Gasteiger partial charge on any atom is -0.469 e. The van der Waals surface area contributed by atoms with Crippen molar-refractivity contribution < 1.29 is 8.81 Å². The smallest absolute Gasteiger partial charge is 0.165 e. The van der Waals surface area contributed by atoms with Crippen LogP contribution in [0.25, 0.3) is 0 Å². The molecule has 0 saturated carbocycles. The summed E-state index contributed by atoms with van der Waals surface area (Å²) in [5, 5.41) is 0. The maximum atomic E-state index is 13.3. The molecule has 0 aliphatic heterocycles. The molecule has 0 saturated heterocycles. The van der Waals surface area contributed by atoms with Crippen LogP contribution < -0.4 is 0 Å². The largest absolute Gasteiger partial charge is 0.469 e. The molecule has 0 fully saturated rings. The maximum Gasteiger partial charge on any atom is 0.165 e. The molecule has 0 aliphatic rings. The van der Waals surface area contributed by atoms with Crippen molar-refractivity contribution in [3.05, 3.63) is 23.9 Å². The summed E-state index contributed by atoms with van der Waals surface area (Å²) in [6, 6.07) is 0. The third-order valence-electron chi connectivity index (χ3n) is 2.85. The zero-order valence-electron chi connectivity index (χ0n) is 8.56. The van der Waals surface area contributed by atoms with Crippen molar-refractivity contribution in [1.82, 2.24) is 0 Å². The Morgan fingerprint density at radius 2 is 2.08 bits per heavy atom. The van der Waals surface area contributed by atoms with Crippen LogP contribution in [0.4, 0.5) is 4.39 Å². The van der Waals surface area contributed by atoms with Crippen LogP contribution in [0.3, 0.4) is 0 Å². The lowest BCUT2D eigenvalue weighted by atomic mass is 9.77. The van der Waals surface area contributed by atoms with Gasteiger partial charge in [0.15, 0.2) is 5.82 Å². The summed E-state index contributed by atoms with van der Waals surface area (Å²) in [4.78, 5) is 0. The van der Waals surface area contributed by atoms with Crippen LogP contribution in [-0.4, -0.2) is 0 Å². The van der Waals surface area contributed by atoms with Crippen molar-refractivity contribution in [2.75, 3.05) is 0 Å². The zero-order chi connectivity index (χ0) is 9.90. The first-order valence-electron chi connectivity index (χ1n) is 4.86. The van der Waals surface area contributed by atoms with E-state index in [0.717, 1.165) is 24.8 Å². The second kappa shape index (κ2) is 3.95. The summed E-state index contributed by atoms with van der Waals surface area (Å²) >= 11 is 0. The van der Waals surface area contributed by atoms with E-state index in [1.807, 2.05) is 0 Å². The van der Waals surface area contributed by atoms with Crippen LogP contribution in [0.5, 0.6) is 0 Å². The van der Waals surface area contributed by atoms with Crippen LogP contribution in [0.2, 0.25) is 0 Å². The standard InChI is InChI=1S/C11H17FO/c1-4-6-11(3,5-2)9-7-13-8-10(9)12/h7-8H,4-6H2,1-3H3. The molecule has 0 radical (unpaired) electrons. The van der Waals surface area contributed by atoms with E-state index in [0.29, 0.717) is 0 Å². The van der Waals surface area contributed by atoms with Crippen molar-refractivity contribution in [2.45, 2.75) is 45.4 Å². The molecule has 1 heterocycles. The van der Waals surface area contributed by atoms with Crippen molar-refractivity contribution in [3.8, 4) is 0 Å². The van der Waals surface area contributed by atoms with Crippen LogP contribution in [0, 0.1) is 5.82 Å². The third kappa shape index (κ3) is 1.93. The molecule has 1 aromatic heterocycles. The molecule has 0 N–H and O–H groups in total. The monoisotopic (exact) mass is 184 g/mol. The maximum absolute atomic E-state index is 13.3. The second-order valence-electron chi connectivity index (χ2n) is 3.80. The highest BCUT2D eigenvalue weighted by Crippen LogP contribution is 2.34. The van der Waals surface area contributed by atoms with Gasteiger partial charge in [-0.2, -0.15) is 0 Å². The number of furan rings is 1. The van der Waals surface area contributed by atoms with Crippen LogP contribution in [-0.2, 0) is 5.41 Å². The zero-order valence-corrected chi connectivity index (χ0v) is 8.56. The highest BCUT2D eigenvalue weighted by molar-refractivity contribution is 5.20. The molecule has 0 aliphatic carbocycles. The molecule has 0 bridgehead atoms. The van der Waals surface area contributed by atoms with Crippen LogP contribution in [0.1, 0.15) is 45.6 Å². The molecule has 0 aromatic carbocycles. The van der Waals surface area contributed by atoms with Gasteiger partial charge in [0.2, 0.25) is 0 Å². The summed E-state index contributed by atoms with van der Waals surface area (Å²) < 4.78 is 18.1. The van der Waals surface area contributed by atoms with Gasteiger partial charge in [-0.15, -0.1) is 0 Å². The third-order valence-corrected chi connectivity index (χ3v) is 2.85. The highest BCUT2D eigenvalue weighted by atomic mass is 19.1. The van der Waals surface area contributed by atoms with E-state index in [9.17, 15) is 4.39 Å². The Kier molecular flexibility index (Phi) is 3.12. The average molecular weight is 184 g/mol. The van der Waals surface area contributed by atoms with Gasteiger partial charge in [-0.25, -0.2) is 4.39 Å². The second-order valence-corrected chi connectivity index (χ2v) is 3.80. The lowest BCUT2D eigenvalue weighted by Gasteiger charge is -2.26. The van der Waals surface area contributed by atoms with Gasteiger partial charge in [0.25, 0.3) is 0 Å². The lowest BCUT2D eigenvalue weighted by Crippen LogP contribution is -2.20. The normalized spacial score (nSPS) is 15.7. The molecule has 0 spiro atoms. The van der Waals surface area contributed by atoms with Gasteiger partial charge in [0, 0.05) is 5.56 Å². The summed E-state index contributed by atoms with van der Waals surface area (Å²) in [6.07, 6.45) is 5.72. The van der Waals surface area contributed by atoms with E-state index in [-0.39, 0.29) is 11.2 Å². The number of hydrogen-bond acceptors (Lipinski definition) is 1. The lowest BCUT2D eigenvalue weighted by molar-refractivity contribution is 0.394. The first-order chi connectivity index (χ1) is 6.14. The molecule has 1 atom stereocenters. The van der Waals surface area contributed by atoms with E-state index in [1.54, 1.807) is 0 Å². The topological polar surface area (TPSA) is 13.1 Å². The molecule has 0 amide bonds. The van der Waals surface area contributed by atoms with Gasteiger partial charge in [-0.3, -0.25) is 0 Å². The van der Waals surface area contributed by atoms with E-state index >= 15 is 0 Å². The van der Waals surface area contributed by atoms with E-state index < -0.39 is 0 Å². The summed E-state index contributed by atoms with van der Waals surface area (Å²) in [5.74, 6) is -0.210. The number of halogens is 1. The highest BCUT2D eigenvalue weighted by Gasteiger charge is 2.28. The van der Waals surface area contributed by atoms with Crippen LogP contribution in [0.15, 0.2) is 16.9 Å². The Labute approximate surface area is 78.9 Å². The quantitative estimate of drug-likeness (QED) is 0.692. The molecule has 1 nitrogen and oxygen atoms in total. The molecular formula is C11H17FO. The van der Waals surface area contributed by atoms with Gasteiger partial charge in [-0.05, 0) is 18.3 Å². The fourth-order valence-corrected chi connectivity index (χ4v) is 1.77. The van der Waals surface area contributed by atoms with Crippen molar-refractivity contribution in [3.63, 3.8) is 0 Å². The van der Waals surface area contributed by atoms with E-state index in [2.05, 4.69) is 20.8 Å². The van der Waals surface area contributed by atoms with Crippen molar-refractivity contribution in [1.29, 1.82) is 0 Å². The van der Waals surface area contributed by atoms with Crippen molar-refractivity contribution in [2.24, 2.45) is 0 Å². The molecule has 1 aromatic rings. The summed E-state index contributed by atoms with van der Waals surface area (Å²) in [5.41, 5.74) is 0.656. The Hall–Kier alpha value is -0.790. The molecular weight excluding hydrogens is 167 g/mol. The van der Waals surface area contributed by atoms with E-state index in [1.165, 1.54) is 12.5 Å². The molecule has 1 rings (SSSR count). The van der Waals surface area contributed by atoms with Crippen LogP contribution >= 0.6 is 0 Å². The van der Waals surface area contributed by atoms with Gasteiger partial charge in [0.05, 0.1) is 6.26 Å². The minimum atomic E-state index is -0.210. The predicted octanol–water partition coefficient (Wildman–Crippen LogP) is 3.89. The molecule has 74 valence electrons.